The van der Waals surface area contributed by atoms with Gasteiger partial charge in [-0.1, -0.05) is 29.8 Å². The van der Waals surface area contributed by atoms with Crippen molar-refractivity contribution in [2.45, 2.75) is 6.92 Å². The monoisotopic (exact) mass is 316 g/mol. The Kier molecular flexibility index (Phi) is 3.72. The van der Waals surface area contributed by atoms with E-state index in [4.69, 9.17) is 0 Å². The highest BCUT2D eigenvalue weighted by molar-refractivity contribution is 6.02. The Labute approximate surface area is 132 Å². The minimum atomic E-state index is -1.47. The van der Waals surface area contributed by atoms with Crippen LogP contribution in [0.25, 0.3) is 21.9 Å². The summed E-state index contributed by atoms with van der Waals surface area (Å²) in [5.41, 5.74) is 2.12. The molecule has 0 saturated carbocycles. The van der Waals surface area contributed by atoms with E-state index in [2.05, 4.69) is 4.98 Å². The lowest BCUT2D eigenvalue weighted by Crippen LogP contribution is -2.12. The second-order valence-electron chi connectivity index (χ2n) is 5.67. The first kappa shape index (κ1) is 15.3. The number of aromatic nitrogens is 1. The molecule has 0 radical (unpaired) electrons. The van der Waals surface area contributed by atoms with Crippen LogP contribution in [0.3, 0.4) is 0 Å². The lowest BCUT2D eigenvalue weighted by molar-refractivity contribution is 0.453. The highest BCUT2D eigenvalue weighted by Gasteiger charge is 2.20. The molecule has 0 fully saturated rings. The van der Waals surface area contributed by atoms with E-state index < -0.39 is 17.5 Å². The number of pyridine rings is 1. The van der Waals surface area contributed by atoms with E-state index in [0.717, 1.165) is 11.6 Å². The van der Waals surface area contributed by atoms with Gasteiger partial charge in [-0.3, -0.25) is 0 Å². The molecule has 2 aromatic carbocycles. The van der Waals surface area contributed by atoms with Crippen LogP contribution < -0.4 is 4.90 Å². The number of hydrogen-bond acceptors (Lipinski definition) is 2. The Morgan fingerprint density at radius 2 is 1.74 bits per heavy atom. The van der Waals surface area contributed by atoms with Gasteiger partial charge >= 0.3 is 0 Å². The van der Waals surface area contributed by atoms with Crippen molar-refractivity contribution in [3.63, 3.8) is 0 Å². The van der Waals surface area contributed by atoms with Crippen LogP contribution in [0.5, 0.6) is 0 Å². The second kappa shape index (κ2) is 5.57. The largest absolute Gasteiger partial charge is 0.362 e. The Balaban J connectivity index is 2.45. The molecule has 23 heavy (non-hydrogen) atoms. The molecule has 0 N–H and O–H groups in total. The molecule has 1 heterocycles. The van der Waals surface area contributed by atoms with E-state index in [1.54, 1.807) is 25.1 Å². The maximum absolute atomic E-state index is 14.5. The van der Waals surface area contributed by atoms with E-state index in [9.17, 15) is 13.2 Å². The third-order valence-corrected chi connectivity index (χ3v) is 3.74. The zero-order valence-corrected chi connectivity index (χ0v) is 13.0. The predicted molar refractivity (Wildman–Crippen MR) is 86.1 cm³/mol. The number of rotatable bonds is 2. The Hall–Kier alpha value is -2.56. The van der Waals surface area contributed by atoms with Gasteiger partial charge in [0.05, 0.1) is 0 Å². The smallest absolute Gasteiger partial charge is 0.195 e. The average molecular weight is 316 g/mol. The highest BCUT2D eigenvalue weighted by Crippen LogP contribution is 2.36. The van der Waals surface area contributed by atoms with Gasteiger partial charge in [-0.25, -0.2) is 18.2 Å². The van der Waals surface area contributed by atoms with Crippen molar-refractivity contribution in [3.05, 3.63) is 59.5 Å². The summed E-state index contributed by atoms with van der Waals surface area (Å²) in [5.74, 6) is -3.50. The quantitative estimate of drug-likeness (QED) is 0.637. The minimum absolute atomic E-state index is 0.0354. The fraction of sp³-hybridized carbons (Fsp3) is 0.167. The van der Waals surface area contributed by atoms with E-state index in [1.807, 2.05) is 25.1 Å². The Bertz CT molecular complexity index is 904. The fourth-order valence-corrected chi connectivity index (χ4v) is 2.68. The Morgan fingerprint density at radius 3 is 2.39 bits per heavy atom. The van der Waals surface area contributed by atoms with Gasteiger partial charge in [-0.2, -0.15) is 0 Å². The molecule has 2 nitrogen and oxygen atoms in total. The Morgan fingerprint density at radius 1 is 1.00 bits per heavy atom. The molecule has 0 amide bonds. The molecule has 5 heteroatoms. The topological polar surface area (TPSA) is 16.1 Å². The number of anilines is 1. The van der Waals surface area contributed by atoms with E-state index in [-0.39, 0.29) is 10.8 Å². The van der Waals surface area contributed by atoms with E-state index in [0.29, 0.717) is 16.9 Å². The summed E-state index contributed by atoms with van der Waals surface area (Å²) in [7, 11) is 3.43. The summed E-state index contributed by atoms with van der Waals surface area (Å²) in [6, 6.07) is 8.37. The van der Waals surface area contributed by atoms with Gasteiger partial charge in [0.15, 0.2) is 17.5 Å². The minimum Gasteiger partial charge on any atom is -0.362 e. The van der Waals surface area contributed by atoms with Crippen LogP contribution in [-0.2, 0) is 0 Å². The number of aryl methyl sites for hydroxylation is 1. The summed E-state index contributed by atoms with van der Waals surface area (Å²) in [6.07, 6.45) is 1.49. The molecule has 3 rings (SSSR count). The standard InChI is InChI=1S/C18H15F3N2/c1-10-5-4-6-11(7-10)13-9-22-18(23(2)3)12-8-14(19)16(20)17(21)15(12)13/h4-9H,1-3H3. The molecule has 0 bridgehead atoms. The van der Waals surface area contributed by atoms with Gasteiger partial charge in [-0.05, 0) is 18.6 Å². The van der Waals surface area contributed by atoms with Crippen molar-refractivity contribution < 1.29 is 13.2 Å². The van der Waals surface area contributed by atoms with Gasteiger partial charge in [0, 0.05) is 36.6 Å². The van der Waals surface area contributed by atoms with E-state index >= 15 is 0 Å². The van der Waals surface area contributed by atoms with Gasteiger partial charge in [0.2, 0.25) is 0 Å². The molecule has 0 unspecified atom stereocenters. The molecule has 118 valence electrons. The van der Waals surface area contributed by atoms with Gasteiger partial charge < -0.3 is 4.90 Å². The van der Waals surface area contributed by atoms with Crippen LogP contribution in [0, 0.1) is 24.4 Å². The van der Waals surface area contributed by atoms with Gasteiger partial charge in [-0.15, -0.1) is 0 Å². The van der Waals surface area contributed by atoms with Crippen LogP contribution in [0.4, 0.5) is 19.0 Å². The zero-order valence-electron chi connectivity index (χ0n) is 13.0. The number of fused-ring (bicyclic) bond motifs is 1. The van der Waals surface area contributed by atoms with Crippen molar-refractivity contribution in [2.75, 3.05) is 19.0 Å². The summed E-state index contributed by atoms with van der Waals surface area (Å²) >= 11 is 0. The molecule has 0 saturated heterocycles. The molecular formula is C18H15F3N2. The number of halogens is 3. The normalized spacial score (nSPS) is 11.0. The molecule has 0 atom stereocenters. The maximum atomic E-state index is 14.5. The van der Waals surface area contributed by atoms with Crippen LogP contribution in [0.1, 0.15) is 5.56 Å². The van der Waals surface area contributed by atoms with E-state index in [1.165, 1.54) is 6.20 Å². The molecule has 0 aliphatic heterocycles. The molecule has 1 aromatic heterocycles. The second-order valence-corrected chi connectivity index (χ2v) is 5.67. The lowest BCUT2D eigenvalue weighted by Gasteiger charge is -2.17. The maximum Gasteiger partial charge on any atom is 0.195 e. The van der Waals surface area contributed by atoms with Gasteiger partial charge in [0.25, 0.3) is 0 Å². The molecule has 0 aliphatic carbocycles. The van der Waals surface area contributed by atoms with Crippen molar-refractivity contribution in [1.82, 2.24) is 4.98 Å². The molecule has 0 aliphatic rings. The summed E-state index contributed by atoms with van der Waals surface area (Å²) in [6.45, 7) is 1.91. The molecular weight excluding hydrogens is 301 g/mol. The third kappa shape index (κ3) is 2.52. The number of hydrogen-bond donors (Lipinski definition) is 0. The predicted octanol–water partition coefficient (Wildman–Crippen LogP) is 4.69. The zero-order chi connectivity index (χ0) is 16.7. The molecule has 0 spiro atoms. The summed E-state index contributed by atoms with van der Waals surface area (Å²) < 4.78 is 42.0. The van der Waals surface area contributed by atoms with Crippen LogP contribution >= 0.6 is 0 Å². The summed E-state index contributed by atoms with van der Waals surface area (Å²) in [5, 5.41) is 0.276. The van der Waals surface area contributed by atoms with Crippen LogP contribution in [0.2, 0.25) is 0 Å². The lowest BCUT2D eigenvalue weighted by atomic mass is 9.98. The van der Waals surface area contributed by atoms with Crippen molar-refractivity contribution >= 4 is 16.6 Å². The van der Waals surface area contributed by atoms with Crippen molar-refractivity contribution in [1.29, 1.82) is 0 Å². The SMILES string of the molecule is Cc1cccc(-c2cnc(N(C)C)c3cc(F)c(F)c(F)c23)c1. The summed E-state index contributed by atoms with van der Waals surface area (Å²) in [4.78, 5) is 5.93. The van der Waals surface area contributed by atoms with Crippen LogP contribution in [0.15, 0.2) is 36.5 Å². The first-order valence-corrected chi connectivity index (χ1v) is 7.10. The van der Waals surface area contributed by atoms with Crippen LogP contribution in [-0.4, -0.2) is 19.1 Å². The van der Waals surface area contributed by atoms with Crippen molar-refractivity contribution in [3.8, 4) is 11.1 Å². The number of benzene rings is 2. The number of nitrogens with zero attached hydrogens (tertiary/aromatic N) is 2. The molecule has 3 aromatic rings. The van der Waals surface area contributed by atoms with Gasteiger partial charge in [0.1, 0.15) is 5.82 Å². The average Bonchev–Trinajstić information content (AvgIpc) is 2.51. The third-order valence-electron chi connectivity index (χ3n) is 3.74. The fourth-order valence-electron chi connectivity index (χ4n) is 2.68. The first-order valence-electron chi connectivity index (χ1n) is 7.10. The first-order chi connectivity index (χ1) is 10.9. The van der Waals surface area contributed by atoms with Crippen molar-refractivity contribution in [2.24, 2.45) is 0 Å². The highest BCUT2D eigenvalue weighted by atomic mass is 19.2.